The lowest BCUT2D eigenvalue weighted by molar-refractivity contribution is -0.148. The molecule has 0 atom stereocenters. The van der Waals surface area contributed by atoms with E-state index >= 15 is 0 Å². The van der Waals surface area contributed by atoms with Gasteiger partial charge in [0.25, 0.3) is 5.91 Å². The highest BCUT2D eigenvalue weighted by Crippen LogP contribution is 2.25. The predicted octanol–water partition coefficient (Wildman–Crippen LogP) is 3.26. The van der Waals surface area contributed by atoms with E-state index in [4.69, 9.17) is 16.3 Å². The van der Waals surface area contributed by atoms with Crippen molar-refractivity contribution in [3.05, 3.63) is 29.3 Å². The lowest BCUT2D eigenvalue weighted by Gasteiger charge is -2.36. The third-order valence-electron chi connectivity index (χ3n) is 4.29. The maximum absolute atomic E-state index is 12.8. The Morgan fingerprint density at radius 3 is 2.28 bits per heavy atom. The second kappa shape index (κ2) is 8.09. The molecule has 0 bridgehead atoms. The van der Waals surface area contributed by atoms with Crippen LogP contribution in [0.25, 0.3) is 0 Å². The van der Waals surface area contributed by atoms with Gasteiger partial charge in [0.05, 0.1) is 0 Å². The third-order valence-corrected chi connectivity index (χ3v) is 4.54. The number of benzene rings is 1. The highest BCUT2D eigenvalue weighted by atomic mass is 35.5. The molecule has 2 amide bonds. The van der Waals surface area contributed by atoms with Crippen LogP contribution in [0.4, 0.5) is 0 Å². The van der Waals surface area contributed by atoms with Crippen molar-refractivity contribution in [3.63, 3.8) is 0 Å². The second-order valence-electron chi connectivity index (χ2n) is 7.30. The zero-order valence-corrected chi connectivity index (χ0v) is 16.1. The molecule has 5 nitrogen and oxygen atoms in total. The molecule has 0 aliphatic carbocycles. The molecule has 1 aromatic carbocycles. The van der Waals surface area contributed by atoms with Crippen molar-refractivity contribution < 1.29 is 14.3 Å². The van der Waals surface area contributed by atoms with Crippen molar-refractivity contribution in [2.75, 3.05) is 13.1 Å². The molecule has 1 N–H and O–H groups in total. The lowest BCUT2D eigenvalue weighted by atomic mass is 9.94. The summed E-state index contributed by atoms with van der Waals surface area (Å²) in [5.74, 6) is 0.602. The maximum Gasteiger partial charge on any atom is 0.266 e. The number of piperidine rings is 1. The van der Waals surface area contributed by atoms with E-state index in [9.17, 15) is 9.59 Å². The lowest BCUT2D eigenvalue weighted by Crippen LogP contribution is -2.52. The topological polar surface area (TPSA) is 58.6 Å². The van der Waals surface area contributed by atoms with Crippen LogP contribution in [0, 0.1) is 5.92 Å². The van der Waals surface area contributed by atoms with E-state index in [1.807, 2.05) is 13.8 Å². The summed E-state index contributed by atoms with van der Waals surface area (Å²) in [6.45, 7) is 8.58. The first-order chi connectivity index (χ1) is 11.7. The van der Waals surface area contributed by atoms with Gasteiger partial charge in [-0.15, -0.1) is 0 Å². The fraction of sp³-hybridized carbons (Fsp3) is 0.579. The molecule has 2 rings (SSSR count). The van der Waals surface area contributed by atoms with E-state index in [0.29, 0.717) is 36.7 Å². The van der Waals surface area contributed by atoms with Crippen LogP contribution in [0.1, 0.15) is 40.5 Å². The van der Waals surface area contributed by atoms with Crippen molar-refractivity contribution in [2.24, 2.45) is 5.92 Å². The number of rotatable bonds is 5. The minimum Gasteiger partial charge on any atom is -0.478 e. The maximum atomic E-state index is 12.8. The normalized spacial score (nSPS) is 16.0. The first kappa shape index (κ1) is 19.6. The molecule has 0 aromatic heterocycles. The molecule has 1 heterocycles. The van der Waals surface area contributed by atoms with Crippen molar-refractivity contribution in [2.45, 2.75) is 52.2 Å². The van der Waals surface area contributed by atoms with E-state index in [1.54, 1.807) is 43.0 Å². The first-order valence-corrected chi connectivity index (χ1v) is 9.11. The smallest absolute Gasteiger partial charge is 0.266 e. The summed E-state index contributed by atoms with van der Waals surface area (Å²) in [7, 11) is 0. The van der Waals surface area contributed by atoms with Crippen LogP contribution >= 0.6 is 11.6 Å². The number of nitrogens with one attached hydrogen (secondary N) is 1. The fourth-order valence-corrected chi connectivity index (χ4v) is 3.09. The van der Waals surface area contributed by atoms with E-state index in [2.05, 4.69) is 5.32 Å². The van der Waals surface area contributed by atoms with E-state index in [-0.39, 0.29) is 23.8 Å². The molecule has 1 fully saturated rings. The Morgan fingerprint density at radius 2 is 1.76 bits per heavy atom. The average molecular weight is 367 g/mol. The largest absolute Gasteiger partial charge is 0.478 e. The number of hydrogen-bond acceptors (Lipinski definition) is 3. The van der Waals surface area contributed by atoms with Gasteiger partial charge in [-0.3, -0.25) is 9.59 Å². The number of carbonyl (C=O) groups is 2. The Labute approximate surface area is 154 Å². The molecule has 138 valence electrons. The van der Waals surface area contributed by atoms with Gasteiger partial charge in [0.15, 0.2) is 5.60 Å². The molecule has 1 aliphatic heterocycles. The molecule has 1 aromatic rings. The summed E-state index contributed by atoms with van der Waals surface area (Å²) in [6, 6.07) is 7.10. The van der Waals surface area contributed by atoms with Gasteiger partial charge >= 0.3 is 0 Å². The van der Waals surface area contributed by atoms with Crippen LogP contribution < -0.4 is 10.1 Å². The SMILES string of the molecule is CC(C)NC(=O)C1CCN(C(=O)C(C)(C)Oc2ccc(Cl)cc2)CC1. The van der Waals surface area contributed by atoms with Crippen LogP contribution in [0.3, 0.4) is 0 Å². The molecule has 0 unspecified atom stereocenters. The Hall–Kier alpha value is -1.75. The van der Waals surface area contributed by atoms with Crippen molar-refractivity contribution in [3.8, 4) is 5.75 Å². The number of likely N-dealkylation sites (tertiary alicyclic amines) is 1. The summed E-state index contributed by atoms with van der Waals surface area (Å²) in [6.07, 6.45) is 1.36. The van der Waals surface area contributed by atoms with Gasteiger partial charge < -0.3 is 15.0 Å². The van der Waals surface area contributed by atoms with Gasteiger partial charge in [-0.05, 0) is 64.8 Å². The number of halogens is 1. The van der Waals surface area contributed by atoms with Gasteiger partial charge in [-0.2, -0.15) is 0 Å². The summed E-state index contributed by atoms with van der Waals surface area (Å²) < 4.78 is 5.87. The van der Waals surface area contributed by atoms with Gasteiger partial charge in [-0.25, -0.2) is 0 Å². The Morgan fingerprint density at radius 1 is 1.20 bits per heavy atom. The van der Waals surface area contributed by atoms with Gasteiger partial charge in [0.2, 0.25) is 5.91 Å². The Kier molecular flexibility index (Phi) is 6.33. The molecule has 1 aliphatic rings. The predicted molar refractivity (Wildman–Crippen MR) is 98.7 cm³/mol. The number of hydrogen-bond donors (Lipinski definition) is 1. The number of carbonyl (C=O) groups excluding carboxylic acids is 2. The van der Waals surface area contributed by atoms with E-state index in [1.165, 1.54) is 0 Å². The number of nitrogens with zero attached hydrogens (tertiary/aromatic N) is 1. The first-order valence-electron chi connectivity index (χ1n) is 8.73. The van der Waals surface area contributed by atoms with Crippen LogP contribution in [0.15, 0.2) is 24.3 Å². The molecule has 0 radical (unpaired) electrons. The second-order valence-corrected chi connectivity index (χ2v) is 7.73. The molecule has 0 saturated carbocycles. The van der Waals surface area contributed by atoms with Gasteiger partial charge in [-0.1, -0.05) is 11.6 Å². The molecule has 25 heavy (non-hydrogen) atoms. The van der Waals surface area contributed by atoms with Crippen molar-refractivity contribution in [1.29, 1.82) is 0 Å². The summed E-state index contributed by atoms with van der Waals surface area (Å²) in [5.41, 5.74) is -0.971. The zero-order valence-electron chi connectivity index (χ0n) is 15.3. The highest BCUT2D eigenvalue weighted by Gasteiger charge is 2.37. The Bertz CT molecular complexity index is 606. The molecular formula is C19H27ClN2O3. The fourth-order valence-electron chi connectivity index (χ4n) is 2.97. The minimum atomic E-state index is -0.971. The van der Waals surface area contributed by atoms with Crippen LogP contribution in [0.5, 0.6) is 5.75 Å². The standard InChI is InChI=1S/C19H27ClN2O3/c1-13(2)21-17(23)14-9-11-22(12-10-14)18(24)19(3,4)25-16-7-5-15(20)6-8-16/h5-8,13-14H,9-12H2,1-4H3,(H,21,23). The van der Waals surface area contributed by atoms with Gasteiger partial charge in [0, 0.05) is 30.1 Å². The molecule has 6 heteroatoms. The monoisotopic (exact) mass is 366 g/mol. The molecule has 1 saturated heterocycles. The summed E-state index contributed by atoms with van der Waals surface area (Å²) in [4.78, 5) is 26.7. The summed E-state index contributed by atoms with van der Waals surface area (Å²) >= 11 is 5.87. The zero-order chi connectivity index (χ0) is 18.6. The van der Waals surface area contributed by atoms with Crippen LogP contribution in [-0.2, 0) is 9.59 Å². The molecule has 0 spiro atoms. The quantitative estimate of drug-likeness (QED) is 0.870. The van der Waals surface area contributed by atoms with Crippen LogP contribution in [-0.4, -0.2) is 41.4 Å². The van der Waals surface area contributed by atoms with Crippen molar-refractivity contribution >= 4 is 23.4 Å². The minimum absolute atomic E-state index is 0.0215. The van der Waals surface area contributed by atoms with E-state index < -0.39 is 5.60 Å². The van der Waals surface area contributed by atoms with E-state index in [0.717, 1.165) is 0 Å². The number of amides is 2. The van der Waals surface area contributed by atoms with Crippen molar-refractivity contribution in [1.82, 2.24) is 10.2 Å². The highest BCUT2D eigenvalue weighted by molar-refractivity contribution is 6.30. The number of ether oxygens (including phenoxy) is 1. The summed E-state index contributed by atoms with van der Waals surface area (Å²) in [5, 5.41) is 3.57. The van der Waals surface area contributed by atoms with Crippen LogP contribution in [0.2, 0.25) is 5.02 Å². The average Bonchev–Trinajstić information content (AvgIpc) is 2.55. The third kappa shape index (κ3) is 5.36. The molecular weight excluding hydrogens is 340 g/mol. The Balaban J connectivity index is 1.92. The van der Waals surface area contributed by atoms with Gasteiger partial charge in [0.1, 0.15) is 5.75 Å².